The number of aliphatic hydroxyl groups excluding tert-OH is 1. The van der Waals surface area contributed by atoms with Crippen LogP contribution in [-0.4, -0.2) is 17.0 Å². The van der Waals surface area contributed by atoms with E-state index in [1.807, 2.05) is 0 Å². The zero-order valence-electron chi connectivity index (χ0n) is 15.2. The van der Waals surface area contributed by atoms with E-state index in [-0.39, 0.29) is 17.1 Å². The van der Waals surface area contributed by atoms with Gasteiger partial charge >= 0.3 is 0 Å². The molecule has 4 fully saturated rings. The van der Waals surface area contributed by atoms with E-state index in [1.54, 1.807) is 6.92 Å². The van der Waals surface area contributed by atoms with Gasteiger partial charge in [-0.05, 0) is 86.4 Å². The highest BCUT2D eigenvalue weighted by Gasteiger charge is 2.62. The predicted octanol–water partition coefficient (Wildman–Crippen LogP) is 4.60. The molecule has 4 aliphatic rings. The van der Waals surface area contributed by atoms with Gasteiger partial charge in [0.2, 0.25) is 0 Å². The summed E-state index contributed by atoms with van der Waals surface area (Å²) in [7, 11) is 0. The Balaban J connectivity index is 1.66. The molecule has 0 aromatic heterocycles. The second-order valence-corrected chi connectivity index (χ2v) is 9.84. The number of hydrogen-bond acceptors (Lipinski definition) is 2. The van der Waals surface area contributed by atoms with Crippen LogP contribution in [-0.2, 0) is 4.79 Å². The molecule has 0 radical (unpaired) electrons. The average molecular weight is 319 g/mol. The van der Waals surface area contributed by atoms with E-state index < -0.39 is 6.10 Å². The number of Topliss-reactive ketones (excluding diaryl/α,β-unsaturated/α-hetero) is 1. The largest absolute Gasteiger partial charge is 0.392 e. The van der Waals surface area contributed by atoms with Crippen LogP contribution in [0.15, 0.2) is 0 Å². The summed E-state index contributed by atoms with van der Waals surface area (Å²) < 4.78 is 0. The highest BCUT2D eigenvalue weighted by molar-refractivity contribution is 5.80. The molecule has 1 N–H and O–H groups in total. The summed E-state index contributed by atoms with van der Waals surface area (Å²) in [6.45, 7) is 6.61. The van der Waals surface area contributed by atoms with Crippen molar-refractivity contribution in [3.63, 3.8) is 0 Å². The Labute approximate surface area is 141 Å². The van der Waals surface area contributed by atoms with Gasteiger partial charge in [0.15, 0.2) is 0 Å². The van der Waals surface area contributed by atoms with E-state index in [2.05, 4.69) is 13.8 Å². The van der Waals surface area contributed by atoms with Crippen LogP contribution in [0.25, 0.3) is 0 Å². The fourth-order valence-corrected chi connectivity index (χ4v) is 8.04. The van der Waals surface area contributed by atoms with Crippen LogP contribution < -0.4 is 0 Å². The molecule has 8 atom stereocenters. The highest BCUT2D eigenvalue weighted by atomic mass is 16.3. The fourth-order valence-electron chi connectivity index (χ4n) is 8.04. The van der Waals surface area contributed by atoms with E-state index in [4.69, 9.17) is 0 Å². The summed E-state index contributed by atoms with van der Waals surface area (Å²) in [6.07, 6.45) is 11.4. The Morgan fingerprint density at radius 3 is 2.48 bits per heavy atom. The van der Waals surface area contributed by atoms with Crippen molar-refractivity contribution in [1.82, 2.24) is 0 Å². The Kier molecular flexibility index (Phi) is 3.72. The Morgan fingerprint density at radius 2 is 1.74 bits per heavy atom. The van der Waals surface area contributed by atoms with Crippen molar-refractivity contribution in [2.24, 2.45) is 40.4 Å². The lowest BCUT2D eigenvalue weighted by atomic mass is 9.45. The maximum absolute atomic E-state index is 12.2. The molecule has 0 bridgehead atoms. The van der Waals surface area contributed by atoms with E-state index in [1.165, 1.54) is 44.9 Å². The molecule has 0 aromatic rings. The van der Waals surface area contributed by atoms with Crippen LogP contribution in [0.3, 0.4) is 0 Å². The van der Waals surface area contributed by atoms with Crippen molar-refractivity contribution in [3.05, 3.63) is 0 Å². The minimum atomic E-state index is -0.391. The summed E-state index contributed by atoms with van der Waals surface area (Å²) in [5.41, 5.74) is 0.603. The first kappa shape index (κ1) is 16.1. The number of ketones is 1. The van der Waals surface area contributed by atoms with Crippen LogP contribution in [0.1, 0.15) is 78.6 Å². The first-order chi connectivity index (χ1) is 10.9. The van der Waals surface area contributed by atoms with Gasteiger partial charge in [-0.15, -0.1) is 0 Å². The maximum atomic E-state index is 12.2. The standard InChI is InChI=1S/C21H34O2/c1-13(22)19-18(23)12-17-15-8-7-14-6-4-5-10-20(14,2)16(15)9-11-21(17,19)3/h14-19,23H,4-12H2,1-3H3/t14-,15-,16+,17+,18+,19+,20+,21+/m1/s1. The SMILES string of the molecule is CC(=O)[C@H]1[C@@H](O)C[C@H]2[C@@H]3CC[C@H]4CCCC[C@]4(C)[C@H]3CC[C@@]21C. The van der Waals surface area contributed by atoms with Crippen molar-refractivity contribution in [1.29, 1.82) is 0 Å². The third-order valence-corrected chi connectivity index (χ3v) is 9.05. The summed E-state index contributed by atoms with van der Waals surface area (Å²) in [6, 6.07) is 0. The van der Waals surface area contributed by atoms with E-state index in [0.717, 1.165) is 30.6 Å². The van der Waals surface area contributed by atoms with Gasteiger partial charge in [-0.1, -0.05) is 26.7 Å². The molecule has 0 spiro atoms. The molecule has 4 saturated carbocycles. The molecule has 2 heteroatoms. The molecular formula is C21H34O2. The van der Waals surface area contributed by atoms with Gasteiger partial charge < -0.3 is 5.11 Å². The maximum Gasteiger partial charge on any atom is 0.136 e. The zero-order chi connectivity index (χ0) is 16.4. The Hall–Kier alpha value is -0.370. The molecule has 0 aliphatic heterocycles. The third-order valence-electron chi connectivity index (χ3n) is 9.05. The van der Waals surface area contributed by atoms with Crippen LogP contribution >= 0.6 is 0 Å². The smallest absolute Gasteiger partial charge is 0.136 e. The zero-order valence-corrected chi connectivity index (χ0v) is 15.2. The fraction of sp³-hybridized carbons (Fsp3) is 0.952. The third kappa shape index (κ3) is 2.12. The molecule has 0 saturated heterocycles. The number of rotatable bonds is 1. The summed E-state index contributed by atoms with van der Waals surface area (Å²) in [4.78, 5) is 12.2. The number of carbonyl (C=O) groups is 1. The first-order valence-electron chi connectivity index (χ1n) is 10.1. The van der Waals surface area contributed by atoms with Crippen LogP contribution in [0.4, 0.5) is 0 Å². The van der Waals surface area contributed by atoms with Crippen molar-refractivity contribution in [2.75, 3.05) is 0 Å². The minimum Gasteiger partial charge on any atom is -0.392 e. The van der Waals surface area contributed by atoms with Gasteiger partial charge in [0.05, 0.1) is 6.10 Å². The summed E-state index contributed by atoms with van der Waals surface area (Å²) in [5.74, 6) is 3.23. The topological polar surface area (TPSA) is 37.3 Å². The quantitative estimate of drug-likeness (QED) is 0.767. The lowest BCUT2D eigenvalue weighted by Crippen LogP contribution is -2.53. The van der Waals surface area contributed by atoms with Crippen molar-refractivity contribution < 1.29 is 9.90 Å². The molecule has 4 aliphatic carbocycles. The van der Waals surface area contributed by atoms with Crippen LogP contribution in [0.2, 0.25) is 0 Å². The number of fused-ring (bicyclic) bond motifs is 5. The second-order valence-electron chi connectivity index (χ2n) is 9.84. The summed E-state index contributed by atoms with van der Waals surface area (Å²) in [5, 5.41) is 10.6. The molecule has 23 heavy (non-hydrogen) atoms. The molecule has 2 nitrogen and oxygen atoms in total. The molecule has 0 amide bonds. The normalized spacial score (nSPS) is 55.7. The first-order valence-corrected chi connectivity index (χ1v) is 10.1. The average Bonchev–Trinajstić information content (AvgIpc) is 2.77. The van der Waals surface area contributed by atoms with Crippen LogP contribution in [0, 0.1) is 40.4 Å². The minimum absolute atomic E-state index is 0.0598. The van der Waals surface area contributed by atoms with Gasteiger partial charge in [0, 0.05) is 5.92 Å². The van der Waals surface area contributed by atoms with Crippen molar-refractivity contribution in [3.8, 4) is 0 Å². The lowest BCUT2D eigenvalue weighted by Gasteiger charge is -2.60. The van der Waals surface area contributed by atoms with Gasteiger partial charge in [-0.3, -0.25) is 4.79 Å². The molecule has 0 unspecified atom stereocenters. The monoisotopic (exact) mass is 318 g/mol. The Bertz CT molecular complexity index is 500. The molecule has 0 aromatic carbocycles. The molecule has 4 rings (SSSR count). The number of aliphatic hydroxyl groups is 1. The van der Waals surface area contributed by atoms with E-state index >= 15 is 0 Å². The van der Waals surface area contributed by atoms with Gasteiger partial charge in [0.1, 0.15) is 5.78 Å². The van der Waals surface area contributed by atoms with Crippen molar-refractivity contribution in [2.45, 2.75) is 84.7 Å². The lowest BCUT2D eigenvalue weighted by molar-refractivity contribution is -0.135. The van der Waals surface area contributed by atoms with E-state index in [9.17, 15) is 9.90 Å². The van der Waals surface area contributed by atoms with Gasteiger partial charge in [-0.2, -0.15) is 0 Å². The molecule has 130 valence electrons. The van der Waals surface area contributed by atoms with Crippen molar-refractivity contribution >= 4 is 5.78 Å². The van der Waals surface area contributed by atoms with Gasteiger partial charge in [0.25, 0.3) is 0 Å². The van der Waals surface area contributed by atoms with E-state index in [0.29, 0.717) is 11.3 Å². The Morgan fingerprint density at radius 1 is 0.957 bits per heavy atom. The van der Waals surface area contributed by atoms with Gasteiger partial charge in [-0.25, -0.2) is 0 Å². The number of carbonyl (C=O) groups excluding carboxylic acids is 1. The number of hydrogen-bond donors (Lipinski definition) is 1. The van der Waals surface area contributed by atoms with Crippen LogP contribution in [0.5, 0.6) is 0 Å². The molecular weight excluding hydrogens is 284 g/mol. The molecule has 0 heterocycles. The highest BCUT2D eigenvalue weighted by Crippen LogP contribution is 2.67. The second kappa shape index (κ2) is 5.31. The predicted molar refractivity (Wildman–Crippen MR) is 91.9 cm³/mol. The summed E-state index contributed by atoms with van der Waals surface area (Å²) >= 11 is 0.